The Labute approximate surface area is 189 Å². The number of benzene rings is 2. The van der Waals surface area contributed by atoms with E-state index < -0.39 is 0 Å². The molecule has 3 rings (SSSR count). The highest BCUT2D eigenvalue weighted by Gasteiger charge is 2.12. The van der Waals surface area contributed by atoms with Crippen LogP contribution in [0.4, 0.5) is 0 Å². The zero-order chi connectivity index (χ0) is 22.1. The Morgan fingerprint density at radius 3 is 2.65 bits per heavy atom. The number of nitrogens with zero attached hydrogens (tertiary/aromatic N) is 2. The van der Waals surface area contributed by atoms with Gasteiger partial charge in [0.1, 0.15) is 0 Å². The third kappa shape index (κ3) is 6.53. The van der Waals surface area contributed by atoms with Gasteiger partial charge in [0.15, 0.2) is 4.80 Å². The molecule has 1 amide bonds. The quantitative estimate of drug-likeness (QED) is 0.335. The van der Waals surface area contributed by atoms with Crippen LogP contribution in [0.3, 0.4) is 0 Å². The van der Waals surface area contributed by atoms with Crippen LogP contribution in [0, 0.1) is 0 Å². The molecule has 0 aliphatic heterocycles. The molecular weight excluding hydrogens is 432 g/mol. The first kappa shape index (κ1) is 23.2. The summed E-state index contributed by atoms with van der Waals surface area (Å²) in [5, 5.41) is 0. The molecule has 0 radical (unpaired) electrons. The maximum atomic E-state index is 12.5. The second-order valence-electron chi connectivity index (χ2n) is 6.62. The monoisotopic (exact) mass is 458 g/mol. The molecule has 2 aromatic carbocycles. The minimum Gasteiger partial charge on any atom is -0.462 e. The van der Waals surface area contributed by atoms with Gasteiger partial charge in [-0.2, -0.15) is 4.99 Å². The van der Waals surface area contributed by atoms with Crippen LogP contribution in [0.5, 0.6) is 0 Å². The van der Waals surface area contributed by atoms with E-state index in [1.54, 1.807) is 30.8 Å². The second kappa shape index (κ2) is 11.8. The third-order valence-electron chi connectivity index (χ3n) is 4.41. The second-order valence-corrected chi connectivity index (χ2v) is 8.61. The fourth-order valence-corrected chi connectivity index (χ4v) is 4.87. The summed E-state index contributed by atoms with van der Waals surface area (Å²) in [5.41, 5.74) is 2.59. The molecule has 0 aliphatic rings. The molecule has 0 fully saturated rings. The Hall–Kier alpha value is -2.42. The minimum absolute atomic E-state index is 0.178. The molecule has 0 bridgehead atoms. The van der Waals surface area contributed by atoms with Crippen LogP contribution in [-0.2, 0) is 26.6 Å². The lowest BCUT2D eigenvalue weighted by molar-refractivity contribution is -0.115. The van der Waals surface area contributed by atoms with E-state index in [0.717, 1.165) is 16.0 Å². The molecule has 0 N–H and O–H groups in total. The molecule has 0 aliphatic carbocycles. The smallest absolute Gasteiger partial charge is 0.338 e. The Kier molecular flexibility index (Phi) is 8.87. The summed E-state index contributed by atoms with van der Waals surface area (Å²) in [7, 11) is 0. The van der Waals surface area contributed by atoms with Crippen molar-refractivity contribution in [1.82, 2.24) is 4.57 Å². The summed E-state index contributed by atoms with van der Waals surface area (Å²) in [6.07, 6.45) is 0. The number of aromatic nitrogens is 1. The van der Waals surface area contributed by atoms with Gasteiger partial charge in [-0.3, -0.25) is 4.79 Å². The van der Waals surface area contributed by atoms with Crippen LogP contribution in [0.25, 0.3) is 10.2 Å². The number of amides is 1. The molecule has 1 aromatic heterocycles. The zero-order valence-electron chi connectivity index (χ0n) is 17.7. The van der Waals surface area contributed by atoms with Crippen molar-refractivity contribution in [1.29, 1.82) is 0 Å². The van der Waals surface area contributed by atoms with Crippen LogP contribution < -0.4 is 4.80 Å². The molecule has 0 atom stereocenters. The lowest BCUT2D eigenvalue weighted by atomic mass is 10.2. The summed E-state index contributed by atoms with van der Waals surface area (Å²) in [4.78, 5) is 29.6. The van der Waals surface area contributed by atoms with E-state index in [1.165, 1.54) is 16.9 Å². The lowest BCUT2D eigenvalue weighted by Crippen LogP contribution is -2.20. The highest BCUT2D eigenvalue weighted by molar-refractivity contribution is 7.99. The Morgan fingerprint density at radius 1 is 1.10 bits per heavy atom. The van der Waals surface area contributed by atoms with Crippen LogP contribution in [0.15, 0.2) is 53.5 Å². The Morgan fingerprint density at radius 2 is 1.90 bits per heavy atom. The van der Waals surface area contributed by atoms with E-state index in [0.29, 0.717) is 42.5 Å². The van der Waals surface area contributed by atoms with Gasteiger partial charge in [0.2, 0.25) is 0 Å². The predicted molar refractivity (Wildman–Crippen MR) is 125 cm³/mol. The van der Waals surface area contributed by atoms with Crippen molar-refractivity contribution in [3.63, 3.8) is 0 Å². The summed E-state index contributed by atoms with van der Waals surface area (Å²) in [5.74, 6) is 0.540. The Balaban J connectivity index is 1.82. The number of rotatable bonds is 10. The number of fused-ring (bicyclic) bond motifs is 1. The third-order valence-corrected chi connectivity index (χ3v) is 6.44. The topological polar surface area (TPSA) is 69.9 Å². The largest absolute Gasteiger partial charge is 0.462 e. The van der Waals surface area contributed by atoms with Gasteiger partial charge in [0.05, 0.1) is 34.7 Å². The molecule has 164 valence electrons. The van der Waals surface area contributed by atoms with Crippen LogP contribution >= 0.6 is 23.1 Å². The van der Waals surface area contributed by atoms with E-state index in [-0.39, 0.29) is 11.9 Å². The van der Waals surface area contributed by atoms with E-state index in [9.17, 15) is 9.59 Å². The maximum absolute atomic E-state index is 12.5. The van der Waals surface area contributed by atoms with Gasteiger partial charge in [0, 0.05) is 18.9 Å². The molecule has 6 nitrogen and oxygen atoms in total. The SMILES string of the molecule is CCOCCn1c(=NC(=O)CSCc2ccccc2)sc2cc(C(=O)OCC)ccc21. The normalized spacial score (nSPS) is 11.7. The molecule has 8 heteroatoms. The number of thioether (sulfide) groups is 1. The number of ether oxygens (including phenoxy) is 2. The molecule has 31 heavy (non-hydrogen) atoms. The zero-order valence-corrected chi connectivity index (χ0v) is 19.3. The number of thiazole rings is 1. The Bertz CT molecular complexity index is 1090. The number of esters is 1. The molecule has 3 aromatic rings. The van der Waals surface area contributed by atoms with Gasteiger partial charge in [-0.05, 0) is 37.6 Å². The average Bonchev–Trinajstić information content (AvgIpc) is 3.11. The molecule has 1 heterocycles. The number of hydrogen-bond acceptors (Lipinski definition) is 6. The number of carbonyl (C=O) groups is 2. The lowest BCUT2D eigenvalue weighted by Gasteiger charge is -2.06. The van der Waals surface area contributed by atoms with E-state index in [2.05, 4.69) is 4.99 Å². The van der Waals surface area contributed by atoms with E-state index in [1.807, 2.05) is 47.9 Å². The first-order valence-corrected chi connectivity index (χ1v) is 12.2. The van der Waals surface area contributed by atoms with Crippen molar-refractivity contribution >= 4 is 45.2 Å². The standard InChI is InChI=1S/C23H26N2O4S2/c1-3-28-13-12-25-19-11-10-18(22(27)29-4-2)14-20(19)31-23(25)24-21(26)16-30-15-17-8-6-5-7-9-17/h5-11,14H,3-4,12-13,15-16H2,1-2H3. The first-order chi connectivity index (χ1) is 15.1. The molecule has 0 unspecified atom stereocenters. The van der Waals surface area contributed by atoms with Gasteiger partial charge in [-0.25, -0.2) is 4.79 Å². The van der Waals surface area contributed by atoms with Crippen LogP contribution in [0.2, 0.25) is 0 Å². The maximum Gasteiger partial charge on any atom is 0.338 e. The summed E-state index contributed by atoms with van der Waals surface area (Å²) >= 11 is 2.94. The van der Waals surface area contributed by atoms with Crippen molar-refractivity contribution in [2.24, 2.45) is 4.99 Å². The van der Waals surface area contributed by atoms with Crippen molar-refractivity contribution in [2.45, 2.75) is 26.1 Å². The highest BCUT2D eigenvalue weighted by Crippen LogP contribution is 2.20. The first-order valence-electron chi connectivity index (χ1n) is 10.2. The van der Waals surface area contributed by atoms with Gasteiger partial charge in [-0.1, -0.05) is 41.7 Å². The molecule has 0 saturated carbocycles. The van der Waals surface area contributed by atoms with Gasteiger partial charge >= 0.3 is 5.97 Å². The number of hydrogen-bond donors (Lipinski definition) is 0. The van der Waals surface area contributed by atoms with Crippen molar-refractivity contribution in [2.75, 3.05) is 25.6 Å². The van der Waals surface area contributed by atoms with E-state index in [4.69, 9.17) is 9.47 Å². The molecular formula is C23H26N2O4S2. The van der Waals surface area contributed by atoms with Crippen molar-refractivity contribution < 1.29 is 19.1 Å². The van der Waals surface area contributed by atoms with Crippen molar-refractivity contribution in [3.8, 4) is 0 Å². The predicted octanol–water partition coefficient (Wildman–Crippen LogP) is 4.28. The fraction of sp³-hybridized carbons (Fsp3) is 0.348. The minimum atomic E-state index is -0.356. The summed E-state index contributed by atoms with van der Waals surface area (Å²) < 4.78 is 13.5. The summed E-state index contributed by atoms with van der Waals surface area (Å²) in [6, 6.07) is 15.5. The fourth-order valence-electron chi connectivity index (χ4n) is 2.99. The summed E-state index contributed by atoms with van der Waals surface area (Å²) in [6.45, 7) is 5.77. The van der Waals surface area contributed by atoms with E-state index >= 15 is 0 Å². The van der Waals surface area contributed by atoms with Gasteiger partial charge in [0.25, 0.3) is 5.91 Å². The van der Waals surface area contributed by atoms with Crippen LogP contribution in [0.1, 0.15) is 29.8 Å². The van der Waals surface area contributed by atoms with Crippen molar-refractivity contribution in [3.05, 3.63) is 64.5 Å². The average molecular weight is 459 g/mol. The van der Waals surface area contributed by atoms with Crippen LogP contribution in [-0.4, -0.2) is 42.0 Å². The highest BCUT2D eigenvalue weighted by atomic mass is 32.2. The molecule has 0 spiro atoms. The number of carbonyl (C=O) groups excluding carboxylic acids is 2. The molecule has 0 saturated heterocycles. The van der Waals surface area contributed by atoms with Gasteiger partial charge in [-0.15, -0.1) is 11.8 Å². The van der Waals surface area contributed by atoms with Gasteiger partial charge < -0.3 is 14.0 Å².